The van der Waals surface area contributed by atoms with Crippen molar-refractivity contribution in [3.05, 3.63) is 29.8 Å². The highest BCUT2D eigenvalue weighted by molar-refractivity contribution is 7.89. The first kappa shape index (κ1) is 26.2. The molecule has 1 unspecified atom stereocenters. The Labute approximate surface area is 191 Å². The Morgan fingerprint density at radius 3 is 2.33 bits per heavy atom. The number of nitrogens with two attached hydrogens (primary N) is 1. The average Bonchev–Trinajstić information content (AvgIpc) is 2.77. The van der Waals surface area contributed by atoms with Gasteiger partial charge in [0.2, 0.25) is 10.0 Å². The topological polar surface area (TPSA) is 174 Å². The number of carbonyl (C=O) groups is 4. The second kappa shape index (κ2) is 11.2. The number of nitrogens with zero attached hydrogens (tertiary/aromatic N) is 1. The second-order valence-corrected chi connectivity index (χ2v) is 9.61. The lowest BCUT2D eigenvalue weighted by atomic mass is 10.0. The van der Waals surface area contributed by atoms with Crippen molar-refractivity contribution in [2.75, 3.05) is 26.3 Å². The summed E-state index contributed by atoms with van der Waals surface area (Å²) in [6.45, 7) is 5.54. The summed E-state index contributed by atoms with van der Waals surface area (Å²) in [5.74, 6) is -2.93. The van der Waals surface area contributed by atoms with Gasteiger partial charge in [0.05, 0.1) is 18.1 Å². The van der Waals surface area contributed by atoms with E-state index in [4.69, 9.17) is 15.2 Å². The van der Waals surface area contributed by atoms with Crippen LogP contribution in [-0.2, 0) is 29.1 Å². The number of hydrogen-bond donors (Lipinski definition) is 3. The van der Waals surface area contributed by atoms with Crippen LogP contribution in [-0.4, -0.2) is 75.0 Å². The van der Waals surface area contributed by atoms with Crippen LogP contribution in [0.4, 0.5) is 4.79 Å². The van der Waals surface area contributed by atoms with Crippen LogP contribution >= 0.6 is 0 Å². The Morgan fingerprint density at radius 1 is 1.12 bits per heavy atom. The third kappa shape index (κ3) is 6.97. The molecule has 1 aromatic carbocycles. The fraction of sp³-hybridized carbons (Fsp3) is 0.500. The molecule has 1 saturated heterocycles. The molecule has 1 heterocycles. The number of carbonyl (C=O) groups excluding carboxylic acids is 4. The predicted molar refractivity (Wildman–Crippen MR) is 115 cm³/mol. The number of rotatable bonds is 8. The molecule has 33 heavy (non-hydrogen) atoms. The molecule has 13 heteroatoms. The molecular formula is C20H28N4O8S. The first-order chi connectivity index (χ1) is 15.4. The molecular weight excluding hydrogens is 456 g/mol. The van der Waals surface area contributed by atoms with Gasteiger partial charge < -0.3 is 20.5 Å². The van der Waals surface area contributed by atoms with E-state index >= 15 is 0 Å². The van der Waals surface area contributed by atoms with Crippen LogP contribution < -0.4 is 16.4 Å². The van der Waals surface area contributed by atoms with Gasteiger partial charge in [-0.25, -0.2) is 18.0 Å². The molecule has 1 aromatic rings. The zero-order chi connectivity index (χ0) is 24.8. The lowest BCUT2D eigenvalue weighted by Gasteiger charge is -2.26. The van der Waals surface area contributed by atoms with Crippen molar-refractivity contribution in [1.29, 1.82) is 0 Å². The fourth-order valence-corrected chi connectivity index (χ4v) is 4.43. The highest BCUT2D eigenvalue weighted by Gasteiger charge is 2.31. The maximum atomic E-state index is 12.9. The summed E-state index contributed by atoms with van der Waals surface area (Å²) < 4.78 is 37.2. The Kier molecular flexibility index (Phi) is 8.91. The van der Waals surface area contributed by atoms with Crippen molar-refractivity contribution in [3.63, 3.8) is 0 Å². The minimum atomic E-state index is -3.82. The van der Waals surface area contributed by atoms with Crippen LogP contribution in [0, 0.1) is 5.92 Å². The van der Waals surface area contributed by atoms with Gasteiger partial charge >= 0.3 is 12.0 Å². The predicted octanol–water partition coefficient (Wildman–Crippen LogP) is -0.411. The molecule has 0 aromatic heterocycles. The number of nitrogens with one attached hydrogen (secondary N) is 2. The van der Waals surface area contributed by atoms with Crippen LogP contribution in [0.1, 0.15) is 31.1 Å². The molecule has 2 rings (SSSR count). The highest BCUT2D eigenvalue weighted by atomic mass is 32.2. The molecule has 1 fully saturated rings. The van der Waals surface area contributed by atoms with Crippen LogP contribution in [0.3, 0.4) is 0 Å². The number of amides is 4. The monoisotopic (exact) mass is 484 g/mol. The van der Waals surface area contributed by atoms with Crippen molar-refractivity contribution in [2.45, 2.75) is 37.8 Å². The van der Waals surface area contributed by atoms with Gasteiger partial charge in [0, 0.05) is 18.7 Å². The fourth-order valence-electron chi connectivity index (χ4n) is 2.98. The van der Waals surface area contributed by atoms with Gasteiger partial charge in [0.1, 0.15) is 6.04 Å². The van der Waals surface area contributed by atoms with Crippen molar-refractivity contribution in [3.8, 4) is 0 Å². The van der Waals surface area contributed by atoms with E-state index in [2.05, 4.69) is 5.32 Å². The first-order valence-electron chi connectivity index (χ1n) is 10.2. The second-order valence-electron chi connectivity index (χ2n) is 7.67. The Morgan fingerprint density at radius 2 is 1.76 bits per heavy atom. The van der Waals surface area contributed by atoms with E-state index in [1.165, 1.54) is 35.5 Å². The van der Waals surface area contributed by atoms with E-state index in [1.807, 2.05) is 0 Å². The number of sulfonamides is 1. The van der Waals surface area contributed by atoms with Gasteiger partial charge in [-0.3, -0.25) is 14.9 Å². The highest BCUT2D eigenvalue weighted by Crippen LogP contribution is 2.19. The minimum absolute atomic E-state index is 0.0299. The number of urea groups is 1. The Balaban J connectivity index is 2.14. The number of morpholine rings is 1. The van der Waals surface area contributed by atoms with Gasteiger partial charge in [0.25, 0.3) is 11.8 Å². The first-order valence-corrected chi connectivity index (χ1v) is 11.7. The van der Waals surface area contributed by atoms with E-state index in [0.29, 0.717) is 0 Å². The molecule has 0 spiro atoms. The van der Waals surface area contributed by atoms with Crippen molar-refractivity contribution < 1.29 is 37.1 Å². The van der Waals surface area contributed by atoms with Gasteiger partial charge in [-0.05, 0) is 31.0 Å². The summed E-state index contributed by atoms with van der Waals surface area (Å²) in [4.78, 5) is 47.8. The lowest BCUT2D eigenvalue weighted by Crippen LogP contribution is -2.48. The quantitative estimate of drug-likeness (QED) is 0.417. The molecule has 0 aliphatic carbocycles. The minimum Gasteiger partial charge on any atom is -0.451 e. The number of imide groups is 1. The molecule has 0 saturated carbocycles. The summed E-state index contributed by atoms with van der Waals surface area (Å²) in [5.41, 5.74) is 4.90. The largest absolute Gasteiger partial charge is 0.451 e. The van der Waals surface area contributed by atoms with Crippen LogP contribution in [0.25, 0.3) is 0 Å². The lowest BCUT2D eigenvalue weighted by molar-refractivity contribution is -0.157. The molecule has 0 radical (unpaired) electrons. The zero-order valence-electron chi connectivity index (χ0n) is 18.6. The molecule has 2 atom stereocenters. The summed E-state index contributed by atoms with van der Waals surface area (Å²) in [7, 11) is -3.82. The molecule has 4 amide bonds. The normalized spacial score (nSPS) is 16.5. The summed E-state index contributed by atoms with van der Waals surface area (Å²) >= 11 is 0. The van der Waals surface area contributed by atoms with Crippen LogP contribution in [0.5, 0.6) is 0 Å². The Hall–Kier alpha value is -3.03. The van der Waals surface area contributed by atoms with Gasteiger partial charge in [0.15, 0.2) is 6.10 Å². The van der Waals surface area contributed by atoms with E-state index in [-0.39, 0.29) is 36.8 Å². The van der Waals surface area contributed by atoms with Gasteiger partial charge in [-0.15, -0.1) is 0 Å². The number of benzene rings is 1. The maximum absolute atomic E-state index is 12.9. The molecule has 1 aliphatic rings. The van der Waals surface area contributed by atoms with Gasteiger partial charge in [-0.2, -0.15) is 4.31 Å². The third-order valence-corrected chi connectivity index (χ3v) is 6.71. The number of primary amides is 1. The zero-order valence-corrected chi connectivity index (χ0v) is 19.4. The average molecular weight is 485 g/mol. The third-order valence-electron chi connectivity index (χ3n) is 4.82. The van der Waals surface area contributed by atoms with Gasteiger partial charge in [-0.1, -0.05) is 19.9 Å². The van der Waals surface area contributed by atoms with Crippen molar-refractivity contribution in [2.24, 2.45) is 11.7 Å². The molecule has 1 aliphatic heterocycles. The molecule has 12 nitrogen and oxygen atoms in total. The smallest absolute Gasteiger partial charge is 0.329 e. The SMILES string of the molecule is CC(OC(=O)[C@@H](NC(=O)c1cccc(S(=O)(=O)N2CCOCC2)c1)C(C)C)C(=O)NC(N)=O. The standard InChI is InChI=1S/C20H28N4O8S/c1-12(2)16(19(27)32-13(3)17(25)23-20(21)28)22-18(26)14-5-4-6-15(11-14)33(29,30)24-7-9-31-10-8-24/h4-6,11-13,16H,7-10H2,1-3H3,(H,22,26)(H3,21,23,25,28)/t13?,16-/m0/s1. The van der Waals surface area contributed by atoms with E-state index in [9.17, 15) is 27.6 Å². The molecule has 4 N–H and O–H groups in total. The van der Waals surface area contributed by atoms with Crippen LogP contribution in [0.15, 0.2) is 29.2 Å². The van der Waals surface area contributed by atoms with Crippen molar-refractivity contribution >= 4 is 33.8 Å². The summed E-state index contributed by atoms with van der Waals surface area (Å²) in [5, 5.41) is 4.31. The van der Waals surface area contributed by atoms with E-state index in [1.54, 1.807) is 19.2 Å². The van der Waals surface area contributed by atoms with Crippen LogP contribution in [0.2, 0.25) is 0 Å². The van der Waals surface area contributed by atoms with E-state index in [0.717, 1.165) is 0 Å². The van der Waals surface area contributed by atoms with E-state index < -0.39 is 51.9 Å². The van der Waals surface area contributed by atoms with Crippen molar-refractivity contribution in [1.82, 2.24) is 14.9 Å². The number of esters is 1. The molecule has 0 bridgehead atoms. The summed E-state index contributed by atoms with van der Waals surface area (Å²) in [6.07, 6.45) is -1.33. The maximum Gasteiger partial charge on any atom is 0.329 e. The Bertz CT molecular complexity index is 1010. The summed E-state index contributed by atoms with van der Waals surface area (Å²) in [6, 6.07) is 3.23. The number of hydrogen-bond acceptors (Lipinski definition) is 8. The number of ether oxygens (including phenoxy) is 2. The molecule has 182 valence electrons.